The molecule has 0 unspecified atom stereocenters. The van der Waals surface area contributed by atoms with Gasteiger partial charge in [0.25, 0.3) is 15.9 Å². The molecule has 2 heterocycles. The van der Waals surface area contributed by atoms with Gasteiger partial charge in [-0.15, -0.1) is 11.3 Å². The molecule has 4 rings (SSSR count). The summed E-state index contributed by atoms with van der Waals surface area (Å²) in [5.41, 5.74) is 1.69. The van der Waals surface area contributed by atoms with Gasteiger partial charge in [-0.25, -0.2) is 8.42 Å². The molecule has 1 aromatic heterocycles. The first-order valence-corrected chi connectivity index (χ1v) is 14.5. The highest BCUT2D eigenvalue weighted by molar-refractivity contribution is 7.91. The first-order valence-electron chi connectivity index (χ1n) is 12.3. The quantitative estimate of drug-likeness (QED) is 0.383. The Hall–Kier alpha value is -2.92. The van der Waals surface area contributed by atoms with Crippen LogP contribution in [0, 0.1) is 0 Å². The zero-order valence-electron chi connectivity index (χ0n) is 21.1. The Morgan fingerprint density at radius 1 is 1.00 bits per heavy atom. The van der Waals surface area contributed by atoms with Crippen molar-refractivity contribution in [1.29, 1.82) is 0 Å². The topological polar surface area (TPSA) is 97.0 Å². The van der Waals surface area contributed by atoms with Crippen molar-refractivity contribution in [1.82, 2.24) is 14.9 Å². The lowest BCUT2D eigenvalue weighted by Crippen LogP contribution is -2.44. The highest BCUT2D eigenvalue weighted by Gasteiger charge is 2.30. The van der Waals surface area contributed by atoms with Gasteiger partial charge in [0.05, 0.1) is 14.2 Å². The Labute approximate surface area is 222 Å². The molecule has 1 aliphatic rings. The molecule has 0 aliphatic carbocycles. The number of hydrogen-bond acceptors (Lipinski definition) is 7. The first-order chi connectivity index (χ1) is 17.9. The van der Waals surface area contributed by atoms with Crippen LogP contribution in [0.2, 0.25) is 0 Å². The lowest BCUT2D eigenvalue weighted by Gasteiger charge is -2.31. The molecule has 2 aromatic carbocycles. The molecule has 1 amide bonds. The van der Waals surface area contributed by atoms with E-state index in [0.29, 0.717) is 41.6 Å². The van der Waals surface area contributed by atoms with E-state index in [1.54, 1.807) is 48.9 Å². The Balaban J connectivity index is 1.23. The van der Waals surface area contributed by atoms with Crippen molar-refractivity contribution in [3.8, 4) is 11.5 Å². The lowest BCUT2D eigenvalue weighted by molar-refractivity contribution is 0.0954. The molecule has 37 heavy (non-hydrogen) atoms. The Morgan fingerprint density at radius 2 is 1.73 bits per heavy atom. The van der Waals surface area contributed by atoms with Crippen LogP contribution in [0.5, 0.6) is 11.5 Å². The van der Waals surface area contributed by atoms with E-state index in [4.69, 9.17) is 9.47 Å². The summed E-state index contributed by atoms with van der Waals surface area (Å²) in [4.78, 5) is 13.3. The van der Waals surface area contributed by atoms with Gasteiger partial charge in [-0.05, 0) is 67.3 Å². The van der Waals surface area contributed by atoms with E-state index in [1.807, 2.05) is 30.3 Å². The number of nitrogens with one attached hydrogen (secondary N) is 2. The molecule has 1 saturated heterocycles. The normalized spacial score (nSPS) is 14.9. The number of benzene rings is 2. The van der Waals surface area contributed by atoms with Crippen molar-refractivity contribution in [2.24, 2.45) is 0 Å². The lowest BCUT2D eigenvalue weighted by atomic mass is 10.1. The number of thiophene rings is 1. The third-order valence-corrected chi connectivity index (χ3v) is 9.94. The third kappa shape index (κ3) is 7.10. The SMILES string of the molecule is COc1ccc(CNC2CCN(S(=O)(=O)c3ccc(CCNC(=O)c4cccc(OC)c4)s3)CC2)cc1. The maximum Gasteiger partial charge on any atom is 0.252 e. The molecule has 1 aliphatic heterocycles. The minimum absolute atomic E-state index is 0.188. The maximum absolute atomic E-state index is 13.2. The highest BCUT2D eigenvalue weighted by Crippen LogP contribution is 2.27. The number of carbonyl (C=O) groups is 1. The van der Waals surface area contributed by atoms with Crippen molar-refractivity contribution >= 4 is 27.3 Å². The minimum Gasteiger partial charge on any atom is -0.497 e. The van der Waals surface area contributed by atoms with Crippen LogP contribution in [-0.2, 0) is 23.0 Å². The fourth-order valence-corrected chi connectivity index (χ4v) is 7.21. The van der Waals surface area contributed by atoms with Crippen LogP contribution in [0.15, 0.2) is 64.9 Å². The maximum atomic E-state index is 13.2. The van der Waals surface area contributed by atoms with Crippen LogP contribution in [-0.4, -0.2) is 58.5 Å². The third-order valence-electron chi connectivity index (χ3n) is 6.43. The van der Waals surface area contributed by atoms with Crippen LogP contribution >= 0.6 is 11.3 Å². The number of rotatable bonds is 11. The first kappa shape index (κ1) is 27.1. The Bertz CT molecular complexity index is 1280. The van der Waals surface area contributed by atoms with Crippen LogP contribution in [0.25, 0.3) is 0 Å². The van der Waals surface area contributed by atoms with Gasteiger partial charge in [0.2, 0.25) is 0 Å². The fourth-order valence-electron chi connectivity index (χ4n) is 4.23. The monoisotopic (exact) mass is 543 g/mol. The molecule has 10 heteroatoms. The summed E-state index contributed by atoms with van der Waals surface area (Å²) in [6.45, 7) is 2.14. The Morgan fingerprint density at radius 3 is 2.43 bits per heavy atom. The van der Waals surface area contributed by atoms with Gasteiger partial charge >= 0.3 is 0 Å². The van der Waals surface area contributed by atoms with E-state index in [0.717, 1.165) is 30.0 Å². The molecule has 2 N–H and O–H groups in total. The van der Waals surface area contributed by atoms with Crippen LogP contribution < -0.4 is 20.1 Å². The molecule has 0 atom stereocenters. The summed E-state index contributed by atoms with van der Waals surface area (Å²) in [6.07, 6.45) is 2.10. The van der Waals surface area contributed by atoms with E-state index < -0.39 is 10.0 Å². The van der Waals surface area contributed by atoms with Crippen molar-refractivity contribution in [3.63, 3.8) is 0 Å². The second-order valence-electron chi connectivity index (χ2n) is 8.87. The summed E-state index contributed by atoms with van der Waals surface area (Å²) in [6, 6.07) is 18.7. The van der Waals surface area contributed by atoms with Crippen molar-refractivity contribution in [3.05, 3.63) is 76.7 Å². The largest absolute Gasteiger partial charge is 0.497 e. The number of piperidine rings is 1. The van der Waals surface area contributed by atoms with E-state index in [9.17, 15) is 13.2 Å². The molecule has 8 nitrogen and oxygen atoms in total. The van der Waals surface area contributed by atoms with Crippen LogP contribution in [0.4, 0.5) is 0 Å². The smallest absolute Gasteiger partial charge is 0.252 e. The average Bonchev–Trinajstić information content (AvgIpc) is 3.42. The van der Waals surface area contributed by atoms with E-state index in [1.165, 1.54) is 16.9 Å². The highest BCUT2D eigenvalue weighted by atomic mass is 32.2. The second kappa shape index (κ2) is 12.6. The summed E-state index contributed by atoms with van der Waals surface area (Å²) in [5, 5.41) is 6.42. The van der Waals surface area contributed by atoms with Gasteiger partial charge in [0.1, 0.15) is 15.7 Å². The fraction of sp³-hybridized carbons (Fsp3) is 0.370. The molecular formula is C27H33N3O5S2. The average molecular weight is 544 g/mol. The predicted molar refractivity (Wildman–Crippen MR) is 145 cm³/mol. The summed E-state index contributed by atoms with van der Waals surface area (Å²) in [5.74, 6) is 1.27. The van der Waals surface area contributed by atoms with E-state index >= 15 is 0 Å². The standard InChI is InChI=1S/C27H33N3O5S2/c1-34-23-8-6-20(7-9-23)19-29-22-13-16-30(17-14-22)37(32,33)26-11-10-25(36-26)12-15-28-27(31)21-4-3-5-24(18-21)35-2/h3-11,18,22,29H,12-17,19H2,1-2H3,(H,28,31). The van der Waals surface area contributed by atoms with Gasteiger partial charge in [0, 0.05) is 42.7 Å². The van der Waals surface area contributed by atoms with Crippen molar-refractivity contribution in [2.45, 2.75) is 36.1 Å². The summed E-state index contributed by atoms with van der Waals surface area (Å²) >= 11 is 1.27. The van der Waals surface area contributed by atoms with Gasteiger partial charge in [-0.1, -0.05) is 18.2 Å². The van der Waals surface area contributed by atoms with Gasteiger partial charge in [-0.2, -0.15) is 4.31 Å². The zero-order chi connectivity index (χ0) is 26.3. The van der Waals surface area contributed by atoms with E-state index in [-0.39, 0.29) is 11.9 Å². The van der Waals surface area contributed by atoms with Crippen molar-refractivity contribution in [2.75, 3.05) is 33.9 Å². The zero-order valence-corrected chi connectivity index (χ0v) is 22.7. The summed E-state index contributed by atoms with van der Waals surface area (Å²) < 4.78 is 38.7. The van der Waals surface area contributed by atoms with Gasteiger partial charge < -0.3 is 20.1 Å². The van der Waals surface area contributed by atoms with Crippen LogP contribution in [0.1, 0.15) is 33.6 Å². The molecule has 1 fully saturated rings. The Kier molecular flexibility index (Phi) is 9.20. The van der Waals surface area contributed by atoms with Gasteiger partial charge in [0.15, 0.2) is 0 Å². The number of nitrogens with zero attached hydrogens (tertiary/aromatic N) is 1. The van der Waals surface area contributed by atoms with Gasteiger partial charge in [-0.3, -0.25) is 4.79 Å². The molecule has 3 aromatic rings. The van der Waals surface area contributed by atoms with Crippen molar-refractivity contribution < 1.29 is 22.7 Å². The molecule has 0 radical (unpaired) electrons. The molecule has 0 saturated carbocycles. The number of ether oxygens (including phenoxy) is 2. The minimum atomic E-state index is -3.52. The number of amides is 1. The molecule has 198 valence electrons. The second-order valence-corrected chi connectivity index (χ2v) is 12.2. The molecular weight excluding hydrogens is 510 g/mol. The number of hydrogen-bond donors (Lipinski definition) is 2. The number of carbonyl (C=O) groups excluding carboxylic acids is 1. The molecule has 0 spiro atoms. The van der Waals surface area contributed by atoms with Crippen LogP contribution in [0.3, 0.4) is 0 Å². The summed E-state index contributed by atoms with van der Waals surface area (Å²) in [7, 11) is -0.315. The predicted octanol–water partition coefficient (Wildman–Crippen LogP) is 3.68. The molecule has 0 bridgehead atoms. The number of methoxy groups -OCH3 is 2. The number of sulfonamides is 1. The van der Waals surface area contributed by atoms with E-state index in [2.05, 4.69) is 10.6 Å².